The number of hydrogen-bond donors (Lipinski definition) is 1. The first-order valence-electron chi connectivity index (χ1n) is 10.4. The molecule has 0 aliphatic carbocycles. The van der Waals surface area contributed by atoms with Gasteiger partial charge in [0.1, 0.15) is 5.75 Å². The predicted octanol–water partition coefficient (Wildman–Crippen LogP) is 5.81. The second-order valence-corrected chi connectivity index (χ2v) is 7.42. The normalized spacial score (nSPS) is 11.5. The van der Waals surface area contributed by atoms with Crippen molar-refractivity contribution in [3.63, 3.8) is 0 Å². The summed E-state index contributed by atoms with van der Waals surface area (Å²) in [5.74, 6) is 0.775. The van der Waals surface area contributed by atoms with E-state index in [0.717, 1.165) is 28.0 Å². The van der Waals surface area contributed by atoms with Crippen molar-refractivity contribution in [3.8, 4) is 16.9 Å². The average molecular weight is 408 g/mol. The lowest BCUT2D eigenvalue weighted by molar-refractivity contribution is -0.120. The fourth-order valence-electron chi connectivity index (χ4n) is 3.64. The van der Waals surface area contributed by atoms with Gasteiger partial charge in [-0.05, 0) is 39.9 Å². The molecule has 0 aromatic heterocycles. The van der Waals surface area contributed by atoms with Gasteiger partial charge in [0.25, 0.3) is 0 Å². The number of hydrogen-bond acceptors (Lipinski definition) is 2. The van der Waals surface area contributed by atoms with Gasteiger partial charge in [0.05, 0.1) is 19.6 Å². The molecule has 3 heteroatoms. The number of ether oxygens (including phenoxy) is 1. The second-order valence-electron chi connectivity index (χ2n) is 7.42. The number of carbonyl (C=O) groups excluding carboxylic acids is 1. The maximum absolute atomic E-state index is 12.9. The molecule has 0 fully saturated rings. The zero-order chi connectivity index (χ0) is 21.5. The summed E-state index contributed by atoms with van der Waals surface area (Å²) in [5, 5.41) is 3.20. The summed E-state index contributed by atoms with van der Waals surface area (Å²) in [6.45, 7) is 0. The molecule has 0 aliphatic heterocycles. The molecule has 3 nitrogen and oxygen atoms in total. The summed E-state index contributed by atoms with van der Waals surface area (Å²) in [4.78, 5) is 12.9. The molecule has 4 rings (SSSR count). The number of nitrogens with one attached hydrogen (secondary N) is 1. The lowest BCUT2D eigenvalue weighted by Crippen LogP contribution is -2.30. The van der Waals surface area contributed by atoms with E-state index in [1.54, 1.807) is 7.11 Å². The Morgan fingerprint density at radius 2 is 1.26 bits per heavy atom. The van der Waals surface area contributed by atoms with Crippen molar-refractivity contribution in [1.29, 1.82) is 0 Å². The zero-order valence-corrected chi connectivity index (χ0v) is 17.5. The molecule has 0 saturated heterocycles. The van der Waals surface area contributed by atoms with Crippen molar-refractivity contribution < 1.29 is 9.53 Å². The number of carbonyl (C=O) groups is 1. The van der Waals surface area contributed by atoms with E-state index in [0.29, 0.717) is 6.42 Å². The van der Waals surface area contributed by atoms with Crippen LogP contribution in [0.25, 0.3) is 11.1 Å². The largest absolute Gasteiger partial charge is 0.497 e. The van der Waals surface area contributed by atoms with E-state index in [4.69, 9.17) is 4.74 Å². The Kier molecular flexibility index (Phi) is 6.44. The van der Waals surface area contributed by atoms with Crippen LogP contribution in [0, 0.1) is 0 Å². The van der Waals surface area contributed by atoms with Crippen LogP contribution in [0.4, 0.5) is 0 Å². The molecular formula is C28H25NO2. The summed E-state index contributed by atoms with van der Waals surface area (Å²) in [5.41, 5.74) is 5.35. The van der Waals surface area contributed by atoms with E-state index < -0.39 is 0 Å². The van der Waals surface area contributed by atoms with Crippen molar-refractivity contribution in [2.45, 2.75) is 12.5 Å². The smallest absolute Gasteiger partial charge is 0.225 e. The average Bonchev–Trinajstić information content (AvgIpc) is 2.84. The number of methoxy groups -OCH3 is 1. The van der Waals surface area contributed by atoms with E-state index in [9.17, 15) is 4.79 Å². The fourth-order valence-corrected chi connectivity index (χ4v) is 3.64. The second kappa shape index (κ2) is 9.77. The zero-order valence-electron chi connectivity index (χ0n) is 17.5. The Labute approximate surface area is 183 Å². The molecule has 1 atom stereocenters. The lowest BCUT2D eigenvalue weighted by atomic mass is 9.98. The third-order valence-corrected chi connectivity index (χ3v) is 5.31. The Morgan fingerprint density at radius 1 is 0.710 bits per heavy atom. The van der Waals surface area contributed by atoms with Crippen molar-refractivity contribution in [2.75, 3.05) is 7.11 Å². The molecule has 0 bridgehead atoms. The van der Waals surface area contributed by atoms with E-state index in [2.05, 4.69) is 29.6 Å². The van der Waals surface area contributed by atoms with Gasteiger partial charge in [0, 0.05) is 0 Å². The monoisotopic (exact) mass is 407 g/mol. The molecule has 0 aliphatic rings. The molecule has 0 radical (unpaired) electrons. The van der Waals surface area contributed by atoms with E-state index in [1.807, 2.05) is 84.9 Å². The van der Waals surface area contributed by atoms with Gasteiger partial charge in [-0.1, -0.05) is 97.1 Å². The summed E-state index contributed by atoms with van der Waals surface area (Å²) >= 11 is 0. The van der Waals surface area contributed by atoms with Crippen molar-refractivity contribution in [1.82, 2.24) is 5.32 Å². The van der Waals surface area contributed by atoms with Gasteiger partial charge in [-0.15, -0.1) is 0 Å². The van der Waals surface area contributed by atoms with Gasteiger partial charge in [0.2, 0.25) is 5.91 Å². The summed E-state index contributed by atoms with van der Waals surface area (Å²) in [6.07, 6.45) is 0.328. The fraction of sp³-hybridized carbons (Fsp3) is 0.107. The highest BCUT2D eigenvalue weighted by molar-refractivity contribution is 5.80. The van der Waals surface area contributed by atoms with Crippen LogP contribution in [-0.2, 0) is 11.2 Å². The number of amides is 1. The Hall–Kier alpha value is -3.85. The van der Waals surface area contributed by atoms with Gasteiger partial charge in [-0.25, -0.2) is 0 Å². The molecule has 31 heavy (non-hydrogen) atoms. The molecule has 0 heterocycles. The van der Waals surface area contributed by atoms with Gasteiger partial charge in [-0.2, -0.15) is 0 Å². The molecule has 0 spiro atoms. The van der Waals surface area contributed by atoms with Gasteiger partial charge in [0.15, 0.2) is 0 Å². The summed E-state index contributed by atoms with van der Waals surface area (Å²) < 4.78 is 5.27. The molecule has 1 N–H and O–H groups in total. The summed E-state index contributed by atoms with van der Waals surface area (Å²) in [7, 11) is 1.65. The third kappa shape index (κ3) is 5.20. The molecule has 154 valence electrons. The minimum atomic E-state index is -0.219. The maximum Gasteiger partial charge on any atom is 0.225 e. The van der Waals surface area contributed by atoms with Crippen molar-refractivity contribution >= 4 is 5.91 Å². The van der Waals surface area contributed by atoms with Crippen LogP contribution < -0.4 is 10.1 Å². The van der Waals surface area contributed by atoms with Gasteiger partial charge < -0.3 is 10.1 Å². The molecule has 4 aromatic rings. The van der Waals surface area contributed by atoms with E-state index in [1.165, 1.54) is 5.56 Å². The van der Waals surface area contributed by atoms with Crippen LogP contribution in [0.1, 0.15) is 22.7 Å². The molecule has 0 saturated carbocycles. The molecule has 1 amide bonds. The van der Waals surface area contributed by atoms with Crippen LogP contribution in [-0.4, -0.2) is 13.0 Å². The van der Waals surface area contributed by atoms with Crippen LogP contribution in [0.15, 0.2) is 109 Å². The highest BCUT2D eigenvalue weighted by Crippen LogP contribution is 2.25. The highest BCUT2D eigenvalue weighted by atomic mass is 16.5. The molecular weight excluding hydrogens is 382 g/mol. The van der Waals surface area contributed by atoms with Gasteiger partial charge >= 0.3 is 0 Å². The Bertz CT molecular complexity index is 1110. The first kappa shape index (κ1) is 20.4. The predicted molar refractivity (Wildman–Crippen MR) is 125 cm³/mol. The van der Waals surface area contributed by atoms with Gasteiger partial charge in [-0.3, -0.25) is 4.79 Å². The first-order chi connectivity index (χ1) is 15.2. The van der Waals surface area contributed by atoms with Crippen LogP contribution in [0.3, 0.4) is 0 Å². The van der Waals surface area contributed by atoms with Crippen LogP contribution in [0.5, 0.6) is 5.75 Å². The summed E-state index contributed by atoms with van der Waals surface area (Å²) in [6, 6.07) is 36.0. The SMILES string of the molecule is COc1ccc([C@@H](NC(=O)Cc2ccc(-c3ccccc3)cc2)c2ccccc2)cc1. The topological polar surface area (TPSA) is 38.3 Å². The minimum absolute atomic E-state index is 0.0165. The molecule has 4 aromatic carbocycles. The number of rotatable bonds is 7. The highest BCUT2D eigenvalue weighted by Gasteiger charge is 2.17. The van der Waals surface area contributed by atoms with Crippen molar-refractivity contribution in [2.24, 2.45) is 0 Å². The molecule has 0 unspecified atom stereocenters. The van der Waals surface area contributed by atoms with Crippen LogP contribution >= 0.6 is 0 Å². The van der Waals surface area contributed by atoms with Crippen LogP contribution in [0.2, 0.25) is 0 Å². The number of benzene rings is 4. The lowest BCUT2D eigenvalue weighted by Gasteiger charge is -2.20. The van der Waals surface area contributed by atoms with E-state index in [-0.39, 0.29) is 11.9 Å². The maximum atomic E-state index is 12.9. The third-order valence-electron chi connectivity index (χ3n) is 5.31. The quantitative estimate of drug-likeness (QED) is 0.420. The Balaban J connectivity index is 1.49. The minimum Gasteiger partial charge on any atom is -0.497 e. The first-order valence-corrected chi connectivity index (χ1v) is 10.4. The van der Waals surface area contributed by atoms with E-state index >= 15 is 0 Å². The Morgan fingerprint density at radius 3 is 1.87 bits per heavy atom. The standard InChI is InChI=1S/C28H25NO2/c1-31-26-18-16-25(17-19-26)28(24-10-6-3-7-11-24)29-27(30)20-21-12-14-23(15-13-21)22-8-4-2-5-9-22/h2-19,28H,20H2,1H3,(H,29,30)/t28-/m0/s1. The van der Waals surface area contributed by atoms with Crippen molar-refractivity contribution in [3.05, 3.63) is 126 Å².